The smallest absolute Gasteiger partial charge is 0.307 e. The van der Waals surface area contributed by atoms with Crippen LogP contribution in [0.1, 0.15) is 38.5 Å². The molecule has 3 aliphatic rings. The van der Waals surface area contributed by atoms with Crippen molar-refractivity contribution in [3.05, 3.63) is 0 Å². The van der Waals surface area contributed by atoms with Crippen molar-refractivity contribution in [3.63, 3.8) is 0 Å². The molecule has 5 heteroatoms. The molecule has 0 bridgehead atoms. The molecule has 0 radical (unpaired) electrons. The van der Waals surface area contributed by atoms with Gasteiger partial charge in [0.2, 0.25) is 5.91 Å². The van der Waals surface area contributed by atoms with Gasteiger partial charge in [-0.15, -0.1) is 0 Å². The number of likely N-dealkylation sites (tertiary alicyclic amines) is 1. The molecule has 112 valence electrons. The molecule has 2 aliphatic carbocycles. The predicted octanol–water partition coefficient (Wildman–Crippen LogP) is 1.09. The average Bonchev–Trinajstić information content (AvgIpc) is 3.28. The summed E-state index contributed by atoms with van der Waals surface area (Å²) in [5, 5.41) is 12.3. The number of carboxylic acids is 1. The number of amides is 1. The minimum absolute atomic E-state index is 0.0832. The predicted molar refractivity (Wildman–Crippen MR) is 74.2 cm³/mol. The third-order valence-electron chi connectivity index (χ3n) is 4.81. The molecule has 3 fully saturated rings. The van der Waals surface area contributed by atoms with E-state index in [2.05, 4.69) is 5.32 Å². The van der Waals surface area contributed by atoms with Gasteiger partial charge in [0.25, 0.3) is 0 Å². The van der Waals surface area contributed by atoms with Crippen molar-refractivity contribution in [3.8, 4) is 0 Å². The second-order valence-electron chi connectivity index (χ2n) is 6.68. The summed E-state index contributed by atoms with van der Waals surface area (Å²) in [7, 11) is 0. The number of hydrogen-bond donors (Lipinski definition) is 2. The van der Waals surface area contributed by atoms with Crippen LogP contribution in [-0.4, -0.2) is 47.6 Å². The van der Waals surface area contributed by atoms with Crippen molar-refractivity contribution in [2.45, 2.75) is 44.6 Å². The van der Waals surface area contributed by atoms with E-state index in [1.54, 1.807) is 0 Å². The van der Waals surface area contributed by atoms with Crippen LogP contribution in [0.2, 0.25) is 0 Å². The number of nitrogens with zero attached hydrogens (tertiary/aromatic N) is 1. The highest BCUT2D eigenvalue weighted by molar-refractivity contribution is 5.78. The van der Waals surface area contributed by atoms with E-state index in [4.69, 9.17) is 5.11 Å². The zero-order valence-electron chi connectivity index (χ0n) is 11.9. The number of rotatable bonds is 6. The summed E-state index contributed by atoms with van der Waals surface area (Å²) in [4.78, 5) is 25.2. The first-order valence-electron chi connectivity index (χ1n) is 7.88. The molecule has 0 aromatic rings. The van der Waals surface area contributed by atoms with Crippen LogP contribution in [0.25, 0.3) is 0 Å². The molecule has 2 N–H and O–H groups in total. The molecule has 1 unspecified atom stereocenters. The maximum Gasteiger partial charge on any atom is 0.307 e. The van der Waals surface area contributed by atoms with E-state index in [1.807, 2.05) is 4.90 Å². The highest BCUT2D eigenvalue weighted by Gasteiger charge is 2.42. The Morgan fingerprint density at radius 2 is 1.80 bits per heavy atom. The number of carbonyl (C=O) groups is 2. The minimum atomic E-state index is -0.732. The van der Waals surface area contributed by atoms with E-state index >= 15 is 0 Å². The van der Waals surface area contributed by atoms with Gasteiger partial charge in [-0.1, -0.05) is 0 Å². The lowest BCUT2D eigenvalue weighted by Gasteiger charge is -2.30. The fraction of sp³-hybridized carbons (Fsp3) is 0.867. The average molecular weight is 280 g/mol. The first kappa shape index (κ1) is 13.9. The zero-order chi connectivity index (χ0) is 14.1. The summed E-state index contributed by atoms with van der Waals surface area (Å²) < 4.78 is 0. The number of piperidine rings is 1. The van der Waals surface area contributed by atoms with E-state index in [0.717, 1.165) is 19.4 Å². The van der Waals surface area contributed by atoms with E-state index < -0.39 is 5.97 Å². The maximum absolute atomic E-state index is 12.2. The van der Waals surface area contributed by atoms with Gasteiger partial charge in [-0.05, 0) is 56.9 Å². The molecule has 0 aromatic heterocycles. The largest absolute Gasteiger partial charge is 0.481 e. The van der Waals surface area contributed by atoms with Crippen molar-refractivity contribution < 1.29 is 14.7 Å². The van der Waals surface area contributed by atoms with Crippen LogP contribution in [-0.2, 0) is 9.59 Å². The highest BCUT2D eigenvalue weighted by Crippen LogP contribution is 2.44. The third kappa shape index (κ3) is 3.51. The summed E-state index contributed by atoms with van der Waals surface area (Å²) in [5.41, 5.74) is 0. The van der Waals surface area contributed by atoms with Crippen molar-refractivity contribution in [2.24, 2.45) is 17.8 Å². The molecule has 0 aromatic carbocycles. The van der Waals surface area contributed by atoms with Gasteiger partial charge in [0.05, 0.1) is 12.5 Å². The lowest BCUT2D eigenvalue weighted by atomic mass is 9.98. The maximum atomic E-state index is 12.2. The highest BCUT2D eigenvalue weighted by atomic mass is 16.4. The zero-order valence-corrected chi connectivity index (χ0v) is 11.9. The number of aliphatic carboxylic acids is 1. The van der Waals surface area contributed by atoms with Crippen molar-refractivity contribution in [2.75, 3.05) is 19.6 Å². The number of carbonyl (C=O) groups excluding carboxylic acids is 1. The van der Waals surface area contributed by atoms with Crippen molar-refractivity contribution >= 4 is 11.9 Å². The quantitative estimate of drug-likeness (QED) is 0.764. The fourth-order valence-electron chi connectivity index (χ4n) is 3.37. The summed E-state index contributed by atoms with van der Waals surface area (Å²) >= 11 is 0. The van der Waals surface area contributed by atoms with Gasteiger partial charge >= 0.3 is 5.97 Å². The monoisotopic (exact) mass is 280 g/mol. The molecule has 20 heavy (non-hydrogen) atoms. The first-order chi connectivity index (χ1) is 9.63. The molecule has 1 aliphatic heterocycles. The lowest BCUT2D eigenvalue weighted by Crippen LogP contribution is -2.47. The Balaban J connectivity index is 1.46. The standard InChI is InChI=1S/C15H24N2O3/c18-13(16-14(10-3-4-10)11-5-6-11)9-17-7-1-2-12(8-17)15(19)20/h10-12,14H,1-9H2,(H,16,18)(H,19,20). The van der Waals surface area contributed by atoms with E-state index in [-0.39, 0.29) is 11.8 Å². The first-order valence-corrected chi connectivity index (χ1v) is 7.88. The van der Waals surface area contributed by atoms with Crippen LogP contribution in [0.5, 0.6) is 0 Å². The molecule has 1 saturated heterocycles. The third-order valence-corrected chi connectivity index (χ3v) is 4.81. The van der Waals surface area contributed by atoms with Gasteiger partial charge in [0.15, 0.2) is 0 Å². The van der Waals surface area contributed by atoms with Crippen LogP contribution in [0.15, 0.2) is 0 Å². The van der Waals surface area contributed by atoms with Crippen LogP contribution in [0.4, 0.5) is 0 Å². The van der Waals surface area contributed by atoms with Crippen LogP contribution < -0.4 is 5.32 Å². The Labute approximate surface area is 119 Å². The molecule has 2 saturated carbocycles. The number of nitrogens with one attached hydrogen (secondary N) is 1. The second-order valence-corrected chi connectivity index (χ2v) is 6.68. The summed E-state index contributed by atoms with van der Waals surface area (Å²) in [6, 6.07) is 0.391. The Morgan fingerprint density at radius 3 is 2.35 bits per heavy atom. The van der Waals surface area contributed by atoms with Crippen LogP contribution >= 0.6 is 0 Å². The van der Waals surface area contributed by atoms with Crippen LogP contribution in [0, 0.1) is 17.8 Å². The van der Waals surface area contributed by atoms with Gasteiger partial charge in [0, 0.05) is 12.6 Å². The van der Waals surface area contributed by atoms with Gasteiger partial charge in [0.1, 0.15) is 0 Å². The summed E-state index contributed by atoms with van der Waals surface area (Å²) in [5.74, 6) is 0.460. The van der Waals surface area contributed by atoms with Gasteiger partial charge in [-0.2, -0.15) is 0 Å². The Kier molecular flexibility index (Phi) is 3.96. The molecule has 3 rings (SSSR count). The van der Waals surface area contributed by atoms with E-state index in [1.165, 1.54) is 25.7 Å². The molecule has 5 nitrogen and oxygen atoms in total. The van der Waals surface area contributed by atoms with Crippen LogP contribution in [0.3, 0.4) is 0 Å². The normalized spacial score (nSPS) is 27.6. The summed E-state index contributed by atoms with van der Waals surface area (Å²) in [6.07, 6.45) is 6.64. The Morgan fingerprint density at radius 1 is 1.15 bits per heavy atom. The fourth-order valence-corrected chi connectivity index (χ4v) is 3.37. The molecule has 1 atom stereocenters. The van der Waals surface area contributed by atoms with Gasteiger partial charge < -0.3 is 10.4 Å². The molecule has 1 amide bonds. The Bertz CT molecular complexity index is 379. The SMILES string of the molecule is O=C(CN1CCCC(C(=O)O)C1)NC(C1CC1)C1CC1. The number of hydrogen-bond acceptors (Lipinski definition) is 3. The number of carboxylic acid groups (broad SMARTS) is 1. The van der Waals surface area contributed by atoms with Crippen molar-refractivity contribution in [1.82, 2.24) is 10.2 Å². The molecule has 0 spiro atoms. The minimum Gasteiger partial charge on any atom is -0.481 e. The van der Waals surface area contributed by atoms with Crippen molar-refractivity contribution in [1.29, 1.82) is 0 Å². The van der Waals surface area contributed by atoms with Gasteiger partial charge in [-0.3, -0.25) is 14.5 Å². The molecule has 1 heterocycles. The van der Waals surface area contributed by atoms with Gasteiger partial charge in [-0.25, -0.2) is 0 Å². The topological polar surface area (TPSA) is 69.6 Å². The second kappa shape index (κ2) is 5.72. The summed E-state index contributed by atoms with van der Waals surface area (Å²) in [6.45, 7) is 1.72. The van der Waals surface area contributed by atoms with E-state index in [9.17, 15) is 9.59 Å². The van der Waals surface area contributed by atoms with E-state index in [0.29, 0.717) is 31.0 Å². The molecular formula is C15H24N2O3. The molecular weight excluding hydrogens is 256 g/mol. The Hall–Kier alpha value is -1.10. The lowest BCUT2D eigenvalue weighted by molar-refractivity contribution is -0.144.